The van der Waals surface area contributed by atoms with Crippen LogP contribution >= 0.6 is 23.2 Å². The van der Waals surface area contributed by atoms with Crippen LogP contribution in [0.1, 0.15) is 10.4 Å². The Hall–Kier alpha value is -1.65. The van der Waals surface area contributed by atoms with Crippen LogP contribution in [0.5, 0.6) is 0 Å². The molecule has 98 valence electrons. The van der Waals surface area contributed by atoms with E-state index in [1.165, 1.54) is 18.2 Å². The van der Waals surface area contributed by atoms with Crippen molar-refractivity contribution in [2.75, 3.05) is 0 Å². The first-order chi connectivity index (χ1) is 8.88. The van der Waals surface area contributed by atoms with Gasteiger partial charge in [0.2, 0.25) is 0 Å². The molecule has 0 aliphatic rings. The highest BCUT2D eigenvalue weighted by molar-refractivity contribution is 6.35. The molecule has 0 fully saturated rings. The van der Waals surface area contributed by atoms with Crippen molar-refractivity contribution in [3.63, 3.8) is 0 Å². The predicted molar refractivity (Wildman–Crippen MR) is 68.8 cm³/mol. The maximum absolute atomic E-state index is 13.7. The summed E-state index contributed by atoms with van der Waals surface area (Å²) in [4.78, 5) is 10.8. The van der Waals surface area contributed by atoms with E-state index in [0.717, 1.165) is 6.07 Å². The normalized spacial score (nSPS) is 10.5. The highest BCUT2D eigenvalue weighted by atomic mass is 35.5. The molecule has 0 radical (unpaired) electrons. The third-order valence-corrected chi connectivity index (χ3v) is 2.89. The maximum Gasteiger partial charge on any atom is 0.335 e. The Morgan fingerprint density at radius 1 is 1.00 bits per heavy atom. The molecule has 0 unspecified atom stereocenters. The van der Waals surface area contributed by atoms with Crippen molar-refractivity contribution in [1.29, 1.82) is 0 Å². The SMILES string of the molecule is O=C(O)c1cc(F)c(F)c(-c2cc(Cl)cc(Cl)c2)c1. The van der Waals surface area contributed by atoms with E-state index in [1.807, 2.05) is 0 Å². The Morgan fingerprint density at radius 3 is 2.11 bits per heavy atom. The van der Waals surface area contributed by atoms with E-state index in [4.69, 9.17) is 28.3 Å². The summed E-state index contributed by atoms with van der Waals surface area (Å²) in [5, 5.41) is 9.32. The molecule has 0 saturated carbocycles. The first-order valence-corrected chi connectivity index (χ1v) is 5.83. The average Bonchev–Trinajstić information content (AvgIpc) is 2.30. The Bertz CT molecular complexity index is 652. The number of hydrogen-bond acceptors (Lipinski definition) is 1. The molecule has 0 aliphatic heterocycles. The Morgan fingerprint density at radius 2 is 1.58 bits per heavy atom. The topological polar surface area (TPSA) is 37.3 Å². The van der Waals surface area contributed by atoms with Crippen LogP contribution in [0.15, 0.2) is 30.3 Å². The van der Waals surface area contributed by atoms with Gasteiger partial charge in [0.15, 0.2) is 11.6 Å². The first kappa shape index (κ1) is 13.8. The molecule has 2 aromatic carbocycles. The molecule has 2 rings (SSSR count). The Labute approximate surface area is 117 Å². The lowest BCUT2D eigenvalue weighted by atomic mass is 10.0. The zero-order chi connectivity index (χ0) is 14.2. The number of benzene rings is 2. The zero-order valence-corrected chi connectivity index (χ0v) is 10.8. The minimum absolute atomic E-state index is 0.206. The van der Waals surface area contributed by atoms with Gasteiger partial charge in [0.25, 0.3) is 0 Å². The molecule has 0 aromatic heterocycles. The maximum atomic E-state index is 13.7. The van der Waals surface area contributed by atoms with Crippen molar-refractivity contribution in [1.82, 2.24) is 0 Å². The fourth-order valence-electron chi connectivity index (χ4n) is 1.63. The molecule has 0 spiro atoms. The van der Waals surface area contributed by atoms with Crippen LogP contribution in [0.2, 0.25) is 10.0 Å². The highest BCUT2D eigenvalue weighted by Crippen LogP contribution is 2.30. The standard InChI is InChI=1S/C13H6Cl2F2O2/c14-8-1-6(2-9(15)5-8)10-3-7(13(18)19)4-11(16)12(10)17/h1-5H,(H,18,19). The van der Waals surface area contributed by atoms with Crippen LogP contribution < -0.4 is 0 Å². The summed E-state index contributed by atoms with van der Waals surface area (Å²) in [6.45, 7) is 0. The van der Waals surface area contributed by atoms with Gasteiger partial charge in [0.05, 0.1) is 5.56 Å². The van der Waals surface area contributed by atoms with Crippen LogP contribution in [0, 0.1) is 11.6 Å². The van der Waals surface area contributed by atoms with Crippen molar-refractivity contribution in [3.8, 4) is 11.1 Å². The van der Waals surface area contributed by atoms with Gasteiger partial charge in [-0.25, -0.2) is 13.6 Å². The predicted octanol–water partition coefficient (Wildman–Crippen LogP) is 4.64. The molecule has 6 heteroatoms. The molecule has 0 atom stereocenters. The zero-order valence-electron chi connectivity index (χ0n) is 9.25. The van der Waals surface area contributed by atoms with E-state index < -0.39 is 17.6 Å². The van der Waals surface area contributed by atoms with E-state index >= 15 is 0 Å². The van der Waals surface area contributed by atoms with Crippen LogP contribution in [0.4, 0.5) is 8.78 Å². The third-order valence-electron chi connectivity index (χ3n) is 2.45. The molecule has 2 nitrogen and oxygen atoms in total. The summed E-state index contributed by atoms with van der Waals surface area (Å²) in [6, 6.07) is 5.83. The third kappa shape index (κ3) is 2.85. The van der Waals surface area contributed by atoms with Gasteiger partial charge in [-0.3, -0.25) is 0 Å². The summed E-state index contributed by atoms with van der Waals surface area (Å²) in [7, 11) is 0. The van der Waals surface area contributed by atoms with Crippen LogP contribution in [-0.2, 0) is 0 Å². The molecule has 0 saturated heterocycles. The summed E-state index contributed by atoms with van der Waals surface area (Å²) in [6.07, 6.45) is 0. The number of carboxylic acids is 1. The van der Waals surface area contributed by atoms with Gasteiger partial charge in [0.1, 0.15) is 0 Å². The van der Waals surface area contributed by atoms with Gasteiger partial charge < -0.3 is 5.11 Å². The first-order valence-electron chi connectivity index (χ1n) is 5.07. The van der Waals surface area contributed by atoms with Gasteiger partial charge >= 0.3 is 5.97 Å². The average molecular weight is 303 g/mol. The lowest BCUT2D eigenvalue weighted by molar-refractivity contribution is 0.0696. The molecule has 2 aromatic rings. The second kappa shape index (κ2) is 5.15. The monoisotopic (exact) mass is 302 g/mol. The molecule has 0 amide bonds. The Balaban J connectivity index is 2.70. The van der Waals surface area contributed by atoms with Crippen LogP contribution in [0.25, 0.3) is 11.1 Å². The molecule has 19 heavy (non-hydrogen) atoms. The van der Waals surface area contributed by atoms with Crippen LogP contribution in [0.3, 0.4) is 0 Å². The van der Waals surface area contributed by atoms with E-state index in [0.29, 0.717) is 6.07 Å². The van der Waals surface area contributed by atoms with Gasteiger partial charge in [-0.2, -0.15) is 0 Å². The van der Waals surface area contributed by atoms with Crippen molar-refractivity contribution in [3.05, 3.63) is 57.6 Å². The molecule has 0 heterocycles. The van der Waals surface area contributed by atoms with Crippen molar-refractivity contribution in [2.24, 2.45) is 0 Å². The van der Waals surface area contributed by atoms with E-state index in [2.05, 4.69) is 0 Å². The van der Waals surface area contributed by atoms with E-state index in [-0.39, 0.29) is 26.7 Å². The van der Waals surface area contributed by atoms with Crippen molar-refractivity contribution >= 4 is 29.2 Å². The summed E-state index contributed by atoms with van der Waals surface area (Å²) in [5.74, 6) is -3.75. The largest absolute Gasteiger partial charge is 0.478 e. The molecule has 1 N–H and O–H groups in total. The number of hydrogen-bond donors (Lipinski definition) is 1. The summed E-state index contributed by atoms with van der Waals surface area (Å²) < 4.78 is 27.1. The number of aromatic carboxylic acids is 1. The molecular weight excluding hydrogens is 297 g/mol. The van der Waals surface area contributed by atoms with E-state index in [1.54, 1.807) is 0 Å². The fourth-order valence-corrected chi connectivity index (χ4v) is 2.16. The quantitative estimate of drug-likeness (QED) is 0.877. The van der Waals surface area contributed by atoms with Crippen molar-refractivity contribution in [2.45, 2.75) is 0 Å². The summed E-state index contributed by atoms with van der Waals surface area (Å²) in [5.41, 5.74) is -0.358. The highest BCUT2D eigenvalue weighted by Gasteiger charge is 2.16. The lowest BCUT2D eigenvalue weighted by Gasteiger charge is -2.07. The smallest absolute Gasteiger partial charge is 0.335 e. The number of halogens is 4. The van der Waals surface area contributed by atoms with Gasteiger partial charge in [-0.1, -0.05) is 23.2 Å². The minimum atomic E-state index is -1.35. The Kier molecular flexibility index (Phi) is 3.73. The molecular formula is C13H6Cl2F2O2. The van der Waals surface area contributed by atoms with Gasteiger partial charge in [-0.05, 0) is 35.9 Å². The second-order valence-electron chi connectivity index (χ2n) is 3.78. The minimum Gasteiger partial charge on any atom is -0.478 e. The molecule has 0 bridgehead atoms. The number of rotatable bonds is 2. The summed E-state index contributed by atoms with van der Waals surface area (Å²) >= 11 is 11.6. The van der Waals surface area contributed by atoms with E-state index in [9.17, 15) is 13.6 Å². The fraction of sp³-hybridized carbons (Fsp3) is 0. The van der Waals surface area contributed by atoms with Gasteiger partial charge in [-0.15, -0.1) is 0 Å². The molecule has 0 aliphatic carbocycles. The van der Waals surface area contributed by atoms with Crippen LogP contribution in [-0.4, -0.2) is 11.1 Å². The number of carboxylic acid groups (broad SMARTS) is 1. The second-order valence-corrected chi connectivity index (χ2v) is 4.66. The van der Waals surface area contributed by atoms with Crippen molar-refractivity contribution < 1.29 is 18.7 Å². The number of carbonyl (C=O) groups is 1. The lowest BCUT2D eigenvalue weighted by Crippen LogP contribution is -2.00. The van der Waals surface area contributed by atoms with Gasteiger partial charge in [0, 0.05) is 15.6 Å².